The summed E-state index contributed by atoms with van der Waals surface area (Å²) in [5.41, 5.74) is 1.56. The zero-order valence-electron chi connectivity index (χ0n) is 17.6. The van der Waals surface area contributed by atoms with Crippen LogP contribution in [-0.4, -0.2) is 68.5 Å². The van der Waals surface area contributed by atoms with Gasteiger partial charge in [-0.15, -0.1) is 24.2 Å². The van der Waals surface area contributed by atoms with Crippen LogP contribution in [0.2, 0.25) is 0 Å². The fourth-order valence-corrected chi connectivity index (χ4v) is 5.10. The van der Waals surface area contributed by atoms with Crippen LogP contribution in [0.5, 0.6) is 5.75 Å². The third kappa shape index (κ3) is 5.51. The molecule has 1 aliphatic heterocycles. The van der Waals surface area contributed by atoms with Crippen LogP contribution in [0, 0.1) is 0 Å². The lowest BCUT2D eigenvalue weighted by molar-refractivity contribution is 0.0391. The second-order valence-corrected chi connectivity index (χ2v) is 8.80. The smallest absolute Gasteiger partial charge is 0.260 e. The van der Waals surface area contributed by atoms with E-state index < -0.39 is 0 Å². The van der Waals surface area contributed by atoms with E-state index in [1.54, 1.807) is 41.2 Å². The van der Waals surface area contributed by atoms with Crippen molar-refractivity contribution < 1.29 is 14.3 Å². The number of hydrogen-bond acceptors (Lipinski definition) is 7. The zero-order valence-corrected chi connectivity index (χ0v) is 20.0. The lowest BCUT2D eigenvalue weighted by Crippen LogP contribution is -2.43. The molecule has 1 aromatic heterocycles. The quantitative estimate of drug-likeness (QED) is 0.467. The number of rotatable bonds is 7. The molecule has 2 aromatic carbocycles. The number of hydrogen-bond donors (Lipinski definition) is 0. The van der Waals surface area contributed by atoms with Gasteiger partial charge in [0.1, 0.15) is 5.75 Å². The summed E-state index contributed by atoms with van der Waals surface area (Å²) in [5.74, 6) is 0.606. The fourth-order valence-electron chi connectivity index (χ4n) is 3.45. The molecular formula is C22H26ClN3O3S2. The number of ether oxygens (including phenoxy) is 2. The molecule has 4 rings (SSSR count). The Morgan fingerprint density at radius 1 is 1.26 bits per heavy atom. The molecule has 3 aromatic rings. The molecule has 166 valence electrons. The SMILES string of the molecule is COc1cccc(C(=O)N(CCN2CCOCC2)c2nc3c(SC)cccc3s2)c1.Cl. The largest absolute Gasteiger partial charge is 0.497 e. The molecule has 1 aliphatic rings. The molecule has 0 unspecified atom stereocenters. The molecule has 1 saturated heterocycles. The van der Waals surface area contributed by atoms with E-state index in [1.165, 1.54) is 0 Å². The van der Waals surface area contributed by atoms with Gasteiger partial charge in [-0.05, 0) is 36.6 Å². The Morgan fingerprint density at radius 3 is 2.77 bits per heavy atom. The predicted octanol–water partition coefficient (Wildman–Crippen LogP) is 4.43. The van der Waals surface area contributed by atoms with Crippen LogP contribution in [-0.2, 0) is 4.74 Å². The van der Waals surface area contributed by atoms with Crippen LogP contribution in [0.25, 0.3) is 10.2 Å². The first-order valence-corrected chi connectivity index (χ1v) is 11.9. The molecule has 0 aliphatic carbocycles. The maximum atomic E-state index is 13.5. The minimum absolute atomic E-state index is 0. The molecule has 6 nitrogen and oxygen atoms in total. The van der Waals surface area contributed by atoms with E-state index in [4.69, 9.17) is 14.5 Å². The number of nitrogens with zero attached hydrogens (tertiary/aromatic N) is 3. The van der Waals surface area contributed by atoms with Crippen molar-refractivity contribution in [2.24, 2.45) is 0 Å². The van der Waals surface area contributed by atoms with E-state index in [-0.39, 0.29) is 18.3 Å². The number of amides is 1. The summed E-state index contributed by atoms with van der Waals surface area (Å²) in [6.07, 6.45) is 2.05. The number of anilines is 1. The van der Waals surface area contributed by atoms with E-state index in [0.717, 1.165) is 53.1 Å². The van der Waals surface area contributed by atoms with Crippen molar-refractivity contribution in [3.05, 3.63) is 48.0 Å². The van der Waals surface area contributed by atoms with Gasteiger partial charge < -0.3 is 9.47 Å². The lowest BCUT2D eigenvalue weighted by Gasteiger charge is -2.29. The van der Waals surface area contributed by atoms with Crippen LogP contribution in [0.15, 0.2) is 47.4 Å². The van der Waals surface area contributed by atoms with Crippen molar-refractivity contribution in [3.8, 4) is 5.75 Å². The zero-order chi connectivity index (χ0) is 20.9. The molecule has 0 radical (unpaired) electrons. The molecule has 2 heterocycles. The molecule has 0 saturated carbocycles. The van der Waals surface area contributed by atoms with E-state index >= 15 is 0 Å². The van der Waals surface area contributed by atoms with Gasteiger partial charge >= 0.3 is 0 Å². The highest BCUT2D eigenvalue weighted by Gasteiger charge is 2.23. The van der Waals surface area contributed by atoms with Gasteiger partial charge in [0.2, 0.25) is 0 Å². The van der Waals surface area contributed by atoms with Gasteiger partial charge in [0.25, 0.3) is 5.91 Å². The highest BCUT2D eigenvalue weighted by atomic mass is 35.5. The highest BCUT2D eigenvalue weighted by Crippen LogP contribution is 2.34. The maximum absolute atomic E-state index is 13.5. The Balaban J connectivity index is 0.00000272. The number of halogens is 1. The Morgan fingerprint density at radius 2 is 2.03 bits per heavy atom. The van der Waals surface area contributed by atoms with Crippen molar-refractivity contribution in [1.82, 2.24) is 9.88 Å². The summed E-state index contributed by atoms with van der Waals surface area (Å²) in [4.78, 5) is 23.6. The van der Waals surface area contributed by atoms with Crippen molar-refractivity contribution in [2.45, 2.75) is 4.90 Å². The monoisotopic (exact) mass is 479 g/mol. The number of fused-ring (bicyclic) bond motifs is 1. The van der Waals surface area contributed by atoms with Crippen molar-refractivity contribution in [1.29, 1.82) is 0 Å². The summed E-state index contributed by atoms with van der Waals surface area (Å²) < 4.78 is 11.9. The molecule has 1 fully saturated rings. The van der Waals surface area contributed by atoms with Crippen molar-refractivity contribution in [2.75, 3.05) is 57.7 Å². The Kier molecular flexibility index (Phi) is 8.57. The molecule has 1 amide bonds. The third-order valence-corrected chi connectivity index (χ3v) is 6.94. The number of thioether (sulfide) groups is 1. The first-order valence-electron chi connectivity index (χ1n) is 9.89. The Hall–Kier alpha value is -1.84. The number of morpholine rings is 1. The summed E-state index contributed by atoms with van der Waals surface area (Å²) in [7, 11) is 1.61. The van der Waals surface area contributed by atoms with Gasteiger partial charge in [-0.1, -0.05) is 23.5 Å². The van der Waals surface area contributed by atoms with Gasteiger partial charge in [-0.3, -0.25) is 14.6 Å². The van der Waals surface area contributed by atoms with E-state index in [0.29, 0.717) is 17.9 Å². The Bertz CT molecular complexity index is 1020. The summed E-state index contributed by atoms with van der Waals surface area (Å²) in [6.45, 7) is 4.61. The number of para-hydroxylation sites is 1. The maximum Gasteiger partial charge on any atom is 0.260 e. The lowest BCUT2D eigenvalue weighted by atomic mass is 10.2. The van der Waals surface area contributed by atoms with Crippen molar-refractivity contribution >= 4 is 56.8 Å². The first-order chi connectivity index (χ1) is 14.7. The minimum Gasteiger partial charge on any atom is -0.497 e. The average Bonchev–Trinajstić information content (AvgIpc) is 3.24. The number of thiazole rings is 1. The van der Waals surface area contributed by atoms with E-state index in [2.05, 4.69) is 17.0 Å². The topological polar surface area (TPSA) is 54.9 Å². The van der Waals surface area contributed by atoms with Gasteiger partial charge in [-0.25, -0.2) is 4.98 Å². The number of aromatic nitrogens is 1. The normalized spacial score (nSPS) is 14.3. The molecule has 31 heavy (non-hydrogen) atoms. The summed E-state index contributed by atoms with van der Waals surface area (Å²) >= 11 is 3.23. The van der Waals surface area contributed by atoms with Crippen LogP contribution < -0.4 is 9.64 Å². The number of carbonyl (C=O) groups is 1. The molecule has 0 bridgehead atoms. The average molecular weight is 480 g/mol. The first kappa shape index (κ1) is 23.8. The second kappa shape index (κ2) is 11.2. The van der Waals surface area contributed by atoms with E-state index in [9.17, 15) is 4.79 Å². The number of benzene rings is 2. The van der Waals surface area contributed by atoms with Crippen LogP contribution in [0.1, 0.15) is 10.4 Å². The second-order valence-electron chi connectivity index (χ2n) is 6.95. The van der Waals surface area contributed by atoms with Gasteiger partial charge in [0.15, 0.2) is 5.13 Å². The van der Waals surface area contributed by atoms with Gasteiger partial charge in [0, 0.05) is 36.6 Å². The molecule has 0 spiro atoms. The predicted molar refractivity (Wildman–Crippen MR) is 131 cm³/mol. The van der Waals surface area contributed by atoms with Crippen molar-refractivity contribution in [3.63, 3.8) is 0 Å². The molecule has 0 atom stereocenters. The standard InChI is InChI=1S/C22H25N3O3S2.ClH/c1-27-17-6-3-5-16(15-17)21(26)25(10-9-24-11-13-28-14-12-24)22-23-20-18(29-2)7-4-8-19(20)30-22;/h3-8,15H,9-14H2,1-2H3;1H. The number of carbonyl (C=O) groups excluding carboxylic acids is 1. The number of methoxy groups -OCH3 is 1. The fraction of sp³-hybridized carbons (Fsp3) is 0.364. The molecule has 9 heteroatoms. The van der Waals surface area contributed by atoms with Crippen LogP contribution >= 0.6 is 35.5 Å². The summed E-state index contributed by atoms with van der Waals surface area (Å²) in [5, 5.41) is 0.729. The highest BCUT2D eigenvalue weighted by molar-refractivity contribution is 7.98. The third-order valence-electron chi connectivity index (χ3n) is 5.13. The van der Waals surface area contributed by atoms with Gasteiger partial charge in [0.05, 0.1) is 30.5 Å². The van der Waals surface area contributed by atoms with E-state index in [1.807, 2.05) is 30.5 Å². The van der Waals surface area contributed by atoms with Gasteiger partial charge in [-0.2, -0.15) is 0 Å². The summed E-state index contributed by atoms with van der Waals surface area (Å²) in [6, 6.07) is 13.5. The minimum atomic E-state index is -0.0630. The molecular weight excluding hydrogens is 454 g/mol. The Labute approximate surface area is 196 Å². The van der Waals surface area contributed by atoms with Crippen LogP contribution in [0.4, 0.5) is 5.13 Å². The molecule has 0 N–H and O–H groups in total. The van der Waals surface area contributed by atoms with Crippen LogP contribution in [0.3, 0.4) is 0 Å².